The minimum Gasteiger partial charge on any atom is -0.392 e. The predicted molar refractivity (Wildman–Crippen MR) is 77.9 cm³/mol. The number of nitrogens with one attached hydrogen (secondary N) is 1. The summed E-state index contributed by atoms with van der Waals surface area (Å²) < 4.78 is 0. The molecule has 0 aliphatic rings. The topological polar surface area (TPSA) is 48.9 Å². The van der Waals surface area contributed by atoms with Crippen molar-refractivity contribution in [1.29, 1.82) is 0 Å². The molecule has 2 aromatic carbocycles. The van der Waals surface area contributed by atoms with Crippen LogP contribution in [-0.4, -0.2) is 15.1 Å². The van der Waals surface area contributed by atoms with Crippen LogP contribution < -0.4 is 0 Å². The van der Waals surface area contributed by atoms with Crippen molar-refractivity contribution in [2.45, 2.75) is 20.5 Å². The van der Waals surface area contributed by atoms with Crippen molar-refractivity contribution in [3.8, 4) is 0 Å². The molecule has 3 rings (SSSR count). The SMILES string of the molecule is Cc1ccccc1.Cc1nc2c(CO)cccc2[nH]1. The number of imidazole rings is 1. The molecule has 0 saturated carbocycles. The summed E-state index contributed by atoms with van der Waals surface area (Å²) >= 11 is 0. The van der Waals surface area contributed by atoms with Crippen LogP contribution in [0.2, 0.25) is 0 Å². The molecule has 3 nitrogen and oxygen atoms in total. The molecule has 0 unspecified atom stereocenters. The zero-order chi connectivity index (χ0) is 13.7. The highest BCUT2D eigenvalue weighted by Crippen LogP contribution is 2.15. The molecule has 0 radical (unpaired) electrons. The molecule has 0 aliphatic carbocycles. The van der Waals surface area contributed by atoms with Crippen LogP contribution in [-0.2, 0) is 6.61 Å². The average Bonchev–Trinajstić information content (AvgIpc) is 2.80. The van der Waals surface area contributed by atoms with Crippen molar-refractivity contribution in [3.05, 3.63) is 65.5 Å². The van der Waals surface area contributed by atoms with Crippen molar-refractivity contribution in [2.75, 3.05) is 0 Å². The summed E-state index contributed by atoms with van der Waals surface area (Å²) in [5.41, 5.74) is 4.05. The van der Waals surface area contributed by atoms with E-state index in [0.717, 1.165) is 22.4 Å². The van der Waals surface area contributed by atoms with Crippen molar-refractivity contribution in [3.63, 3.8) is 0 Å². The van der Waals surface area contributed by atoms with Crippen LogP contribution in [0.25, 0.3) is 11.0 Å². The third kappa shape index (κ3) is 3.42. The molecule has 19 heavy (non-hydrogen) atoms. The zero-order valence-electron chi connectivity index (χ0n) is 11.2. The van der Waals surface area contributed by atoms with Crippen LogP contribution in [0.5, 0.6) is 0 Å². The van der Waals surface area contributed by atoms with Crippen LogP contribution in [0.3, 0.4) is 0 Å². The number of aryl methyl sites for hydroxylation is 2. The maximum Gasteiger partial charge on any atom is 0.104 e. The van der Waals surface area contributed by atoms with Gasteiger partial charge in [0.25, 0.3) is 0 Å². The number of aromatic nitrogens is 2. The van der Waals surface area contributed by atoms with E-state index in [1.165, 1.54) is 5.56 Å². The largest absolute Gasteiger partial charge is 0.392 e. The van der Waals surface area contributed by atoms with Gasteiger partial charge in [0, 0.05) is 5.56 Å². The zero-order valence-corrected chi connectivity index (χ0v) is 11.2. The van der Waals surface area contributed by atoms with E-state index in [1.54, 1.807) is 0 Å². The van der Waals surface area contributed by atoms with Gasteiger partial charge in [-0.05, 0) is 19.9 Å². The third-order valence-corrected chi connectivity index (χ3v) is 2.83. The molecule has 1 heterocycles. The molecule has 3 heteroatoms. The average molecular weight is 254 g/mol. The van der Waals surface area contributed by atoms with Gasteiger partial charge in [0.15, 0.2) is 0 Å². The van der Waals surface area contributed by atoms with Gasteiger partial charge in [-0.15, -0.1) is 0 Å². The smallest absolute Gasteiger partial charge is 0.104 e. The summed E-state index contributed by atoms with van der Waals surface area (Å²) in [6, 6.07) is 16.0. The van der Waals surface area contributed by atoms with Crippen LogP contribution in [0, 0.1) is 13.8 Å². The first kappa shape index (κ1) is 13.3. The first-order chi connectivity index (χ1) is 9.20. The molecule has 0 bridgehead atoms. The highest BCUT2D eigenvalue weighted by Gasteiger charge is 2.02. The summed E-state index contributed by atoms with van der Waals surface area (Å²) in [7, 11) is 0. The Morgan fingerprint density at radius 3 is 2.32 bits per heavy atom. The van der Waals surface area contributed by atoms with Gasteiger partial charge in [-0.3, -0.25) is 0 Å². The second-order valence-corrected chi connectivity index (χ2v) is 4.45. The molecule has 98 valence electrons. The maximum atomic E-state index is 8.99. The van der Waals surface area contributed by atoms with Crippen LogP contribution >= 0.6 is 0 Å². The summed E-state index contributed by atoms with van der Waals surface area (Å²) in [5.74, 6) is 0.880. The van der Waals surface area contributed by atoms with Crippen LogP contribution in [0.4, 0.5) is 0 Å². The summed E-state index contributed by atoms with van der Waals surface area (Å²) in [5, 5.41) is 8.99. The molecular weight excluding hydrogens is 236 g/mol. The maximum absolute atomic E-state index is 8.99. The molecule has 0 fully saturated rings. The first-order valence-electron chi connectivity index (χ1n) is 6.27. The lowest BCUT2D eigenvalue weighted by molar-refractivity contribution is 0.283. The molecular formula is C16H18N2O. The Hall–Kier alpha value is -2.13. The van der Waals surface area contributed by atoms with Gasteiger partial charge in [0.2, 0.25) is 0 Å². The Kier molecular flexibility index (Phi) is 4.31. The fourth-order valence-electron chi connectivity index (χ4n) is 1.88. The van der Waals surface area contributed by atoms with E-state index >= 15 is 0 Å². The minimum absolute atomic E-state index is 0.0433. The monoisotopic (exact) mass is 254 g/mol. The lowest BCUT2D eigenvalue weighted by atomic mass is 10.2. The van der Waals surface area contributed by atoms with E-state index in [9.17, 15) is 0 Å². The number of hydrogen-bond donors (Lipinski definition) is 2. The van der Waals surface area contributed by atoms with Crippen molar-refractivity contribution in [1.82, 2.24) is 9.97 Å². The Balaban J connectivity index is 0.000000163. The number of nitrogens with zero attached hydrogens (tertiary/aromatic N) is 1. The molecule has 0 saturated heterocycles. The number of rotatable bonds is 1. The van der Waals surface area contributed by atoms with Gasteiger partial charge in [0.05, 0.1) is 17.6 Å². The Morgan fingerprint density at radius 2 is 1.74 bits per heavy atom. The molecule has 0 spiro atoms. The standard InChI is InChI=1S/C9H10N2O.C7H8/c1-6-10-8-4-2-3-7(5-12)9(8)11-6;1-7-5-3-2-4-6-7/h2-4,12H,5H2,1H3,(H,10,11);2-6H,1H3. The lowest BCUT2D eigenvalue weighted by Gasteiger charge is -1.94. The number of H-pyrrole nitrogens is 1. The van der Waals surface area contributed by atoms with Crippen molar-refractivity contribution in [2.24, 2.45) is 0 Å². The molecule has 1 aromatic heterocycles. The fraction of sp³-hybridized carbons (Fsp3) is 0.188. The number of hydrogen-bond acceptors (Lipinski definition) is 2. The van der Waals surface area contributed by atoms with E-state index in [1.807, 2.05) is 43.3 Å². The number of benzene rings is 2. The molecule has 0 atom stereocenters. The molecule has 0 aliphatic heterocycles. The first-order valence-corrected chi connectivity index (χ1v) is 6.27. The van der Waals surface area contributed by atoms with Gasteiger partial charge >= 0.3 is 0 Å². The molecule has 2 N–H and O–H groups in total. The number of para-hydroxylation sites is 1. The minimum atomic E-state index is 0.0433. The molecule has 3 aromatic rings. The lowest BCUT2D eigenvalue weighted by Crippen LogP contribution is -1.84. The van der Waals surface area contributed by atoms with E-state index in [-0.39, 0.29) is 6.61 Å². The Bertz CT molecular complexity index is 644. The van der Waals surface area contributed by atoms with Gasteiger partial charge in [0.1, 0.15) is 5.82 Å². The number of aliphatic hydroxyl groups excluding tert-OH is 1. The van der Waals surface area contributed by atoms with Gasteiger partial charge in [-0.1, -0.05) is 48.0 Å². The Morgan fingerprint density at radius 1 is 1.00 bits per heavy atom. The Labute approximate surface area is 112 Å². The van der Waals surface area contributed by atoms with E-state index in [2.05, 4.69) is 29.0 Å². The van der Waals surface area contributed by atoms with E-state index < -0.39 is 0 Å². The van der Waals surface area contributed by atoms with Crippen molar-refractivity contribution < 1.29 is 5.11 Å². The summed E-state index contributed by atoms with van der Waals surface area (Å²) in [6.45, 7) is 4.03. The van der Waals surface area contributed by atoms with Gasteiger partial charge < -0.3 is 10.1 Å². The number of fused-ring (bicyclic) bond motifs is 1. The van der Waals surface area contributed by atoms with E-state index in [4.69, 9.17) is 5.11 Å². The van der Waals surface area contributed by atoms with Crippen LogP contribution in [0.1, 0.15) is 17.0 Å². The summed E-state index contributed by atoms with van der Waals surface area (Å²) in [4.78, 5) is 7.38. The number of aromatic amines is 1. The molecule has 0 amide bonds. The highest BCUT2D eigenvalue weighted by molar-refractivity contribution is 5.78. The van der Waals surface area contributed by atoms with Gasteiger partial charge in [-0.25, -0.2) is 4.98 Å². The normalized spacial score (nSPS) is 10.1. The second kappa shape index (κ2) is 6.16. The quantitative estimate of drug-likeness (QED) is 0.699. The fourth-order valence-corrected chi connectivity index (χ4v) is 1.88. The van der Waals surface area contributed by atoms with Crippen LogP contribution in [0.15, 0.2) is 48.5 Å². The van der Waals surface area contributed by atoms with Crippen molar-refractivity contribution >= 4 is 11.0 Å². The van der Waals surface area contributed by atoms with E-state index in [0.29, 0.717) is 0 Å². The predicted octanol–water partition coefficient (Wildman–Crippen LogP) is 3.36. The second-order valence-electron chi connectivity index (χ2n) is 4.45. The number of aliphatic hydroxyl groups is 1. The van der Waals surface area contributed by atoms with Gasteiger partial charge in [-0.2, -0.15) is 0 Å². The third-order valence-electron chi connectivity index (χ3n) is 2.83. The highest BCUT2D eigenvalue weighted by atomic mass is 16.3. The summed E-state index contributed by atoms with van der Waals surface area (Å²) in [6.07, 6.45) is 0.